The van der Waals surface area contributed by atoms with Crippen LogP contribution in [0.1, 0.15) is 115 Å². The van der Waals surface area contributed by atoms with E-state index in [1.54, 1.807) is 54.6 Å². The summed E-state index contributed by atoms with van der Waals surface area (Å²) in [5.41, 5.74) is 1.09. The van der Waals surface area contributed by atoms with E-state index in [0.717, 1.165) is 50.7 Å². The van der Waals surface area contributed by atoms with E-state index in [0.29, 0.717) is 35.5 Å². The fourth-order valence-electron chi connectivity index (χ4n) is 5.90. The van der Waals surface area contributed by atoms with Gasteiger partial charge in [-0.1, -0.05) is 133 Å². The molecule has 0 saturated heterocycles. The summed E-state index contributed by atoms with van der Waals surface area (Å²) in [6.07, 6.45) is 17.1. The van der Waals surface area contributed by atoms with Crippen LogP contribution < -0.4 is 14.6 Å². The number of hydrogen-bond donors (Lipinski definition) is 2. The molecule has 0 aliphatic carbocycles. The van der Waals surface area contributed by atoms with Gasteiger partial charge in [-0.2, -0.15) is 8.42 Å². The van der Waals surface area contributed by atoms with Crippen LogP contribution in [0.2, 0.25) is 0 Å². The van der Waals surface area contributed by atoms with Gasteiger partial charge >= 0.3 is 37.7 Å². The van der Waals surface area contributed by atoms with Crippen LogP contribution in [0, 0.1) is 0 Å². The predicted molar refractivity (Wildman–Crippen MR) is 214 cm³/mol. The molecular weight excluding hydrogens is 769 g/mol. The Bertz CT molecular complexity index is 1780. The zero-order chi connectivity index (χ0) is 39.4. The summed E-state index contributed by atoms with van der Waals surface area (Å²) in [7, 11) is -9.32. The molecule has 55 heavy (non-hydrogen) atoms. The van der Waals surface area contributed by atoms with Gasteiger partial charge in [0.05, 0.1) is 4.90 Å². The Balaban J connectivity index is 0.000000373. The number of unbranched alkanes of at least 4 members (excludes halogenated alkanes) is 12. The molecule has 0 atom stereocenters. The SMILES string of the molecule is CCCCCCCCCc1cc(Oc2ccccc2)c(S(=O)(=O)O)cc1O.CCCCCCCCCc1cc(Oc2ccccc2)c(S(=O)(=O)[O-])cc1[O-].[Ca+2]. The molecule has 4 aromatic rings. The Morgan fingerprint density at radius 2 is 0.964 bits per heavy atom. The molecule has 0 bridgehead atoms. The van der Waals surface area contributed by atoms with Gasteiger partial charge in [-0.15, -0.1) is 5.75 Å². The molecule has 0 fully saturated rings. The zero-order valence-electron chi connectivity index (χ0n) is 32.1. The molecule has 4 rings (SSSR count). The van der Waals surface area contributed by atoms with Crippen molar-refractivity contribution in [3.8, 4) is 34.5 Å². The minimum Gasteiger partial charge on any atom is -0.872 e. The van der Waals surface area contributed by atoms with E-state index >= 15 is 0 Å². The summed E-state index contributed by atoms with van der Waals surface area (Å²) in [4.78, 5) is -1.05. The number of aromatic hydroxyl groups is 1. The van der Waals surface area contributed by atoms with Gasteiger partial charge < -0.3 is 24.2 Å². The van der Waals surface area contributed by atoms with E-state index < -0.39 is 35.8 Å². The van der Waals surface area contributed by atoms with E-state index in [1.165, 1.54) is 63.5 Å². The second-order valence-electron chi connectivity index (χ2n) is 13.3. The third-order valence-corrected chi connectivity index (χ3v) is 10.6. The molecular formula is C42H54CaO10S2. The predicted octanol–water partition coefficient (Wildman–Crippen LogP) is 10.1. The molecule has 0 amide bonds. The fourth-order valence-corrected chi connectivity index (χ4v) is 7.12. The van der Waals surface area contributed by atoms with Gasteiger partial charge in [-0.05, 0) is 73.7 Å². The van der Waals surface area contributed by atoms with Crippen LogP contribution in [0.15, 0.2) is 94.7 Å². The first-order chi connectivity index (χ1) is 25.8. The molecule has 4 aromatic carbocycles. The van der Waals surface area contributed by atoms with Gasteiger partial charge in [0.1, 0.15) is 43.8 Å². The maximum absolute atomic E-state index is 12.2. The summed E-state index contributed by atoms with van der Waals surface area (Å²) < 4.78 is 78.6. The van der Waals surface area contributed by atoms with Gasteiger partial charge in [0.25, 0.3) is 10.1 Å². The third-order valence-electron chi connectivity index (χ3n) is 8.86. The van der Waals surface area contributed by atoms with E-state index in [2.05, 4.69) is 13.8 Å². The van der Waals surface area contributed by atoms with Crippen molar-refractivity contribution < 1.29 is 45.6 Å². The average Bonchev–Trinajstić information content (AvgIpc) is 3.13. The van der Waals surface area contributed by atoms with Gasteiger partial charge in [-0.3, -0.25) is 4.55 Å². The first kappa shape index (κ1) is 48.3. The van der Waals surface area contributed by atoms with Crippen molar-refractivity contribution >= 4 is 58.0 Å². The first-order valence-electron chi connectivity index (χ1n) is 18.9. The summed E-state index contributed by atoms with van der Waals surface area (Å²) in [5, 5.41) is 22.4. The summed E-state index contributed by atoms with van der Waals surface area (Å²) >= 11 is 0. The van der Waals surface area contributed by atoms with Gasteiger partial charge in [0.2, 0.25) is 0 Å². The number of aryl methyl sites for hydroxylation is 2. The minimum atomic E-state index is -4.81. The Hall–Kier alpha value is -2.84. The van der Waals surface area contributed by atoms with E-state index in [1.807, 2.05) is 6.07 Å². The summed E-state index contributed by atoms with van der Waals surface area (Å²) in [6.45, 7) is 4.37. The Labute approximate surface area is 357 Å². The van der Waals surface area contributed by atoms with E-state index in [4.69, 9.17) is 9.47 Å². The van der Waals surface area contributed by atoms with Crippen LogP contribution >= 0.6 is 0 Å². The van der Waals surface area contributed by atoms with Crippen LogP contribution in [-0.2, 0) is 33.1 Å². The molecule has 0 unspecified atom stereocenters. The third kappa shape index (κ3) is 17.9. The van der Waals surface area contributed by atoms with Crippen LogP contribution in [0.4, 0.5) is 0 Å². The van der Waals surface area contributed by atoms with Crippen molar-refractivity contribution in [3.05, 3.63) is 96.1 Å². The summed E-state index contributed by atoms with van der Waals surface area (Å²) in [6, 6.07) is 22.2. The quantitative estimate of drug-likeness (QED) is 0.0441. The molecule has 13 heteroatoms. The smallest absolute Gasteiger partial charge is 0.872 e. The molecule has 0 aliphatic heterocycles. The standard InChI is InChI=1S/2C21H28O5S.Ca/c2*1-2-3-4-5-6-7-9-12-17-15-20(26-18-13-10-8-11-14-18)21(16-19(17)22)27(23,24)25;/h2*8,10-11,13-16,22H,2-7,9,12H2,1H3,(H,23,24,25);/q;;+2/p-2. The Morgan fingerprint density at radius 3 is 1.40 bits per heavy atom. The minimum absolute atomic E-state index is 0. The second kappa shape index (κ2) is 25.4. The van der Waals surface area contributed by atoms with E-state index in [9.17, 15) is 36.2 Å². The summed E-state index contributed by atoms with van der Waals surface area (Å²) in [5.74, 6) is 0.205. The van der Waals surface area contributed by atoms with Gasteiger partial charge in [-0.25, -0.2) is 8.42 Å². The number of rotatable bonds is 22. The fraction of sp³-hybridized carbons (Fsp3) is 0.429. The van der Waals surface area contributed by atoms with Crippen molar-refractivity contribution in [1.82, 2.24) is 0 Å². The molecule has 0 radical (unpaired) electrons. The van der Waals surface area contributed by atoms with Crippen LogP contribution in [0.5, 0.6) is 34.5 Å². The first-order valence-corrected chi connectivity index (χ1v) is 21.8. The Morgan fingerprint density at radius 1 is 0.564 bits per heavy atom. The van der Waals surface area contributed by atoms with E-state index in [-0.39, 0.29) is 55.0 Å². The topological polar surface area (TPSA) is 173 Å². The number of benzene rings is 4. The number of hydrogen-bond acceptors (Lipinski definition) is 9. The van der Waals surface area contributed by atoms with Crippen LogP contribution in [-0.4, -0.2) is 68.8 Å². The normalized spacial score (nSPS) is 11.3. The molecule has 0 spiro atoms. The maximum Gasteiger partial charge on any atom is 2.00 e. The van der Waals surface area contributed by atoms with Crippen molar-refractivity contribution in [2.24, 2.45) is 0 Å². The van der Waals surface area contributed by atoms with Gasteiger partial charge in [0.15, 0.2) is 0 Å². The number of phenolic OH excluding ortho intramolecular Hbond substituents is 1. The largest absolute Gasteiger partial charge is 2.00 e. The second-order valence-corrected chi connectivity index (χ2v) is 16.1. The number of ether oxygens (including phenoxy) is 2. The molecule has 10 nitrogen and oxygen atoms in total. The number of para-hydroxylation sites is 2. The maximum atomic E-state index is 12.2. The average molecular weight is 823 g/mol. The molecule has 0 saturated carbocycles. The molecule has 0 aliphatic rings. The van der Waals surface area contributed by atoms with Crippen molar-refractivity contribution in [1.29, 1.82) is 0 Å². The van der Waals surface area contributed by atoms with Crippen LogP contribution in [0.3, 0.4) is 0 Å². The Kier molecular flexibility index (Phi) is 22.3. The van der Waals surface area contributed by atoms with Crippen molar-refractivity contribution in [3.63, 3.8) is 0 Å². The van der Waals surface area contributed by atoms with Gasteiger partial charge in [0, 0.05) is 6.07 Å². The molecule has 0 aromatic heterocycles. The molecule has 296 valence electrons. The number of phenols is 1. The molecule has 2 N–H and O–H groups in total. The van der Waals surface area contributed by atoms with Crippen molar-refractivity contribution in [2.75, 3.05) is 0 Å². The zero-order valence-corrected chi connectivity index (χ0v) is 35.9. The monoisotopic (exact) mass is 822 g/mol. The van der Waals surface area contributed by atoms with Crippen molar-refractivity contribution in [2.45, 2.75) is 126 Å². The molecule has 0 heterocycles. The van der Waals surface area contributed by atoms with Crippen LogP contribution in [0.25, 0.3) is 0 Å².